The fraction of sp³-hybridized carbons (Fsp3) is 0. The van der Waals surface area contributed by atoms with E-state index in [1.54, 1.807) is 0 Å². The standard InChI is InChI=1S/C14H9N.Y/c1-2-6-13-11(4-1)5-3-7-14(13)12-8-9-15-10-12;/h1-6,8-9,15H;/q-2;. The van der Waals surface area contributed by atoms with Crippen molar-refractivity contribution in [3.63, 3.8) is 0 Å². The first kappa shape index (κ1) is 11.6. The molecule has 75 valence electrons. The van der Waals surface area contributed by atoms with Gasteiger partial charge in [-0.3, -0.25) is 0 Å². The number of H-pyrrole nitrogens is 1. The Hall–Kier alpha value is -0.916. The molecule has 0 aliphatic carbocycles. The predicted octanol–water partition coefficient (Wildman–Crippen LogP) is 3.43. The van der Waals surface area contributed by atoms with Gasteiger partial charge in [0.05, 0.1) is 0 Å². The van der Waals surface area contributed by atoms with Crippen LogP contribution in [0.15, 0.2) is 48.7 Å². The van der Waals surface area contributed by atoms with Gasteiger partial charge in [0.2, 0.25) is 0 Å². The molecule has 0 bridgehead atoms. The van der Waals surface area contributed by atoms with E-state index >= 15 is 0 Å². The van der Waals surface area contributed by atoms with E-state index in [4.69, 9.17) is 0 Å². The first-order valence-corrected chi connectivity index (χ1v) is 4.90. The van der Waals surface area contributed by atoms with E-state index in [0.29, 0.717) is 0 Å². The zero-order chi connectivity index (χ0) is 10.1. The molecule has 16 heavy (non-hydrogen) atoms. The molecule has 0 atom stereocenters. The minimum Gasteiger partial charge on any atom is -0.462 e. The molecule has 3 aromatic rings. The molecule has 1 heterocycles. The largest absolute Gasteiger partial charge is 0.462 e. The van der Waals surface area contributed by atoms with Gasteiger partial charge in [-0.05, 0) is 0 Å². The van der Waals surface area contributed by atoms with Gasteiger partial charge in [0.15, 0.2) is 0 Å². The van der Waals surface area contributed by atoms with E-state index in [1.807, 2.05) is 30.5 Å². The smallest absolute Gasteiger partial charge is 0 e. The summed E-state index contributed by atoms with van der Waals surface area (Å²) in [6, 6.07) is 17.6. The van der Waals surface area contributed by atoms with Crippen LogP contribution in [0.2, 0.25) is 0 Å². The summed E-state index contributed by atoms with van der Waals surface area (Å²) < 4.78 is 0. The third-order valence-electron chi connectivity index (χ3n) is 2.53. The van der Waals surface area contributed by atoms with Crippen molar-refractivity contribution < 1.29 is 32.7 Å². The fourth-order valence-electron chi connectivity index (χ4n) is 1.82. The maximum absolute atomic E-state index is 3.26. The molecule has 1 aromatic heterocycles. The Morgan fingerprint density at radius 3 is 2.69 bits per heavy atom. The average molecular weight is 280 g/mol. The normalized spacial score (nSPS) is 10.0. The molecule has 1 N–H and O–H groups in total. The summed E-state index contributed by atoms with van der Waals surface area (Å²) in [7, 11) is 0. The zero-order valence-corrected chi connectivity index (χ0v) is 11.5. The Kier molecular flexibility index (Phi) is 3.57. The molecule has 0 unspecified atom stereocenters. The average Bonchev–Trinajstić information content (AvgIpc) is 2.82. The van der Waals surface area contributed by atoms with Crippen LogP contribution in [0.4, 0.5) is 0 Å². The molecule has 0 fully saturated rings. The van der Waals surface area contributed by atoms with Gasteiger partial charge >= 0.3 is 0 Å². The number of hydrogen-bond acceptors (Lipinski definition) is 0. The van der Waals surface area contributed by atoms with Crippen LogP contribution in [0, 0.1) is 12.3 Å². The second kappa shape index (κ2) is 4.94. The van der Waals surface area contributed by atoms with Crippen molar-refractivity contribution in [3.8, 4) is 11.1 Å². The van der Waals surface area contributed by atoms with Gasteiger partial charge in [0, 0.05) is 32.7 Å². The fourth-order valence-corrected chi connectivity index (χ4v) is 1.82. The Bertz CT molecular complexity index is 579. The quantitative estimate of drug-likeness (QED) is 0.657. The van der Waals surface area contributed by atoms with Gasteiger partial charge in [0.1, 0.15) is 0 Å². The van der Waals surface area contributed by atoms with Crippen LogP contribution in [0.3, 0.4) is 0 Å². The molecule has 2 heteroatoms. The summed E-state index contributed by atoms with van der Waals surface area (Å²) in [5, 5.41) is 2.46. The third kappa shape index (κ3) is 1.98. The SMILES string of the molecule is [Y].[c-]1[nH]ccc1-c1[c-]ccc2ccccc12. The van der Waals surface area contributed by atoms with Crippen molar-refractivity contribution >= 4 is 10.8 Å². The van der Waals surface area contributed by atoms with Gasteiger partial charge < -0.3 is 4.98 Å². The first-order chi connectivity index (χ1) is 7.45. The van der Waals surface area contributed by atoms with Crippen LogP contribution in [0.25, 0.3) is 21.9 Å². The molecule has 2 aromatic carbocycles. The molecule has 0 saturated heterocycles. The van der Waals surface area contributed by atoms with Crippen LogP contribution in [-0.2, 0) is 32.7 Å². The van der Waals surface area contributed by atoms with Crippen LogP contribution in [0.5, 0.6) is 0 Å². The molecule has 1 nitrogen and oxygen atoms in total. The molecule has 0 amide bonds. The maximum Gasteiger partial charge on any atom is 0 e. The number of fused-ring (bicyclic) bond motifs is 1. The molecular weight excluding hydrogens is 271 g/mol. The number of aromatic nitrogens is 1. The summed E-state index contributed by atoms with van der Waals surface area (Å²) >= 11 is 0. The van der Waals surface area contributed by atoms with E-state index in [1.165, 1.54) is 10.8 Å². The van der Waals surface area contributed by atoms with E-state index in [9.17, 15) is 0 Å². The number of rotatable bonds is 1. The summed E-state index contributed by atoms with van der Waals surface area (Å²) in [5.74, 6) is 0. The van der Waals surface area contributed by atoms with Crippen molar-refractivity contribution in [3.05, 3.63) is 60.9 Å². The molecule has 0 aliphatic heterocycles. The van der Waals surface area contributed by atoms with Gasteiger partial charge in [0.25, 0.3) is 0 Å². The van der Waals surface area contributed by atoms with Crippen molar-refractivity contribution in [1.82, 2.24) is 4.98 Å². The van der Waals surface area contributed by atoms with Crippen LogP contribution >= 0.6 is 0 Å². The van der Waals surface area contributed by atoms with Gasteiger partial charge in [-0.2, -0.15) is 12.1 Å². The van der Waals surface area contributed by atoms with Gasteiger partial charge in [-0.1, -0.05) is 18.2 Å². The van der Waals surface area contributed by atoms with Crippen molar-refractivity contribution in [2.45, 2.75) is 0 Å². The van der Waals surface area contributed by atoms with Crippen molar-refractivity contribution in [2.24, 2.45) is 0 Å². The van der Waals surface area contributed by atoms with Crippen LogP contribution < -0.4 is 0 Å². The van der Waals surface area contributed by atoms with Crippen LogP contribution in [0.1, 0.15) is 0 Å². The monoisotopic (exact) mass is 280 g/mol. The maximum atomic E-state index is 3.26. The first-order valence-electron chi connectivity index (χ1n) is 4.90. The number of aromatic amines is 1. The Morgan fingerprint density at radius 1 is 1.00 bits per heavy atom. The zero-order valence-electron chi connectivity index (χ0n) is 8.70. The summed E-state index contributed by atoms with van der Waals surface area (Å²) in [6.07, 6.45) is 4.97. The Labute approximate surface area is 120 Å². The van der Waals surface area contributed by atoms with Gasteiger partial charge in [-0.15, -0.1) is 35.3 Å². The minimum atomic E-state index is 0. The summed E-state index contributed by atoms with van der Waals surface area (Å²) in [5.41, 5.74) is 2.17. The number of nitrogens with one attached hydrogen (secondary N) is 1. The molecule has 0 aliphatic rings. The second-order valence-corrected chi connectivity index (χ2v) is 3.46. The predicted molar refractivity (Wildman–Crippen MR) is 61.4 cm³/mol. The molecule has 0 spiro atoms. The molecule has 1 radical (unpaired) electrons. The van der Waals surface area contributed by atoms with E-state index in [-0.39, 0.29) is 32.7 Å². The van der Waals surface area contributed by atoms with Crippen molar-refractivity contribution in [1.29, 1.82) is 0 Å². The second-order valence-electron chi connectivity index (χ2n) is 3.46. The third-order valence-corrected chi connectivity index (χ3v) is 2.53. The van der Waals surface area contributed by atoms with Crippen molar-refractivity contribution in [2.75, 3.05) is 0 Å². The Balaban J connectivity index is 0.000000963. The van der Waals surface area contributed by atoms with Gasteiger partial charge in [-0.25, -0.2) is 17.2 Å². The van der Waals surface area contributed by atoms with Crippen LogP contribution in [-0.4, -0.2) is 4.98 Å². The van der Waals surface area contributed by atoms with E-state index in [2.05, 4.69) is 35.4 Å². The summed E-state index contributed by atoms with van der Waals surface area (Å²) in [4.78, 5) is 2.95. The summed E-state index contributed by atoms with van der Waals surface area (Å²) in [6.45, 7) is 0. The topological polar surface area (TPSA) is 15.8 Å². The van der Waals surface area contributed by atoms with E-state index in [0.717, 1.165) is 11.1 Å². The minimum absolute atomic E-state index is 0. The Morgan fingerprint density at radius 2 is 1.88 bits per heavy atom. The molecule has 3 rings (SSSR count). The molecule has 0 saturated carbocycles. The number of hydrogen-bond donors (Lipinski definition) is 1. The molecular formula is C14H9NY-2. The van der Waals surface area contributed by atoms with E-state index < -0.39 is 0 Å². The number of benzene rings is 2.